The van der Waals surface area contributed by atoms with E-state index in [1.54, 1.807) is 0 Å². The van der Waals surface area contributed by atoms with Crippen LogP contribution in [0.4, 0.5) is 0 Å². The maximum atomic E-state index is 6.30. The van der Waals surface area contributed by atoms with Gasteiger partial charge in [-0.3, -0.25) is 0 Å². The summed E-state index contributed by atoms with van der Waals surface area (Å²) in [4.78, 5) is 0. The molecule has 110 valence electrons. The molecule has 1 N–H and O–H groups in total. The third-order valence-corrected chi connectivity index (χ3v) is 4.14. The number of hydrogen-bond donors (Lipinski definition) is 1. The molecule has 1 aliphatic rings. The van der Waals surface area contributed by atoms with E-state index in [-0.39, 0.29) is 0 Å². The average molecular weight is 302 g/mol. The number of ether oxygens (including phenoxy) is 1. The fourth-order valence-electron chi connectivity index (χ4n) is 2.57. The normalized spacial score (nSPS) is 13.3. The molecule has 0 saturated carbocycles. The van der Waals surface area contributed by atoms with Crippen molar-refractivity contribution >= 4 is 11.6 Å². The molecule has 0 atom stereocenters. The lowest BCUT2D eigenvalue weighted by Crippen LogP contribution is -2.21. The Bertz CT molecular complexity index is 652. The summed E-state index contributed by atoms with van der Waals surface area (Å²) in [7, 11) is 0. The Morgan fingerprint density at radius 2 is 1.90 bits per heavy atom. The van der Waals surface area contributed by atoms with E-state index in [0.29, 0.717) is 6.04 Å². The second-order valence-electron chi connectivity index (χ2n) is 5.76. The molecule has 0 saturated heterocycles. The first-order valence-corrected chi connectivity index (χ1v) is 7.79. The summed E-state index contributed by atoms with van der Waals surface area (Å²) in [5, 5.41) is 4.23. The lowest BCUT2D eigenvalue weighted by molar-refractivity contribution is 0.357. The largest absolute Gasteiger partial charge is 0.493 e. The third kappa shape index (κ3) is 3.22. The van der Waals surface area contributed by atoms with Crippen LogP contribution in [-0.4, -0.2) is 12.6 Å². The van der Waals surface area contributed by atoms with Crippen LogP contribution in [0.2, 0.25) is 5.02 Å². The van der Waals surface area contributed by atoms with Crippen LogP contribution < -0.4 is 10.1 Å². The topological polar surface area (TPSA) is 21.3 Å². The molecule has 0 aliphatic carbocycles. The van der Waals surface area contributed by atoms with Crippen LogP contribution in [0.25, 0.3) is 11.1 Å². The van der Waals surface area contributed by atoms with Gasteiger partial charge in [0.1, 0.15) is 5.75 Å². The number of fused-ring (bicyclic) bond motifs is 1. The zero-order valence-electron chi connectivity index (χ0n) is 12.4. The van der Waals surface area contributed by atoms with Crippen LogP contribution in [0.5, 0.6) is 5.75 Å². The summed E-state index contributed by atoms with van der Waals surface area (Å²) in [6, 6.07) is 13.1. The van der Waals surface area contributed by atoms with E-state index >= 15 is 0 Å². The predicted octanol–water partition coefficient (Wildman–Crippen LogP) is 4.44. The van der Waals surface area contributed by atoms with Crippen LogP contribution in [0.15, 0.2) is 36.4 Å². The Morgan fingerprint density at radius 1 is 1.14 bits per heavy atom. The van der Waals surface area contributed by atoms with Gasteiger partial charge < -0.3 is 10.1 Å². The van der Waals surface area contributed by atoms with Gasteiger partial charge in [0.2, 0.25) is 0 Å². The summed E-state index contributed by atoms with van der Waals surface area (Å²) < 4.78 is 5.57. The standard InChI is InChI=1S/C18H20ClNO/c1-12(2)20-11-16-10-13(3-5-17(16)19)14-4-6-18-15(9-14)7-8-21-18/h3-6,9-10,12,20H,7-8,11H2,1-2H3. The van der Waals surface area contributed by atoms with E-state index in [2.05, 4.69) is 49.5 Å². The smallest absolute Gasteiger partial charge is 0.122 e. The predicted molar refractivity (Wildman–Crippen MR) is 88.1 cm³/mol. The SMILES string of the molecule is CC(C)NCc1cc(-c2ccc3c(c2)CCO3)ccc1Cl. The molecule has 0 bridgehead atoms. The second kappa shape index (κ2) is 6.08. The maximum Gasteiger partial charge on any atom is 0.122 e. The number of hydrogen-bond acceptors (Lipinski definition) is 2. The minimum absolute atomic E-state index is 0.446. The molecule has 3 rings (SSSR count). The van der Waals surface area contributed by atoms with Crippen molar-refractivity contribution < 1.29 is 4.74 Å². The molecular weight excluding hydrogens is 282 g/mol. The first-order valence-electron chi connectivity index (χ1n) is 7.41. The minimum Gasteiger partial charge on any atom is -0.493 e. The van der Waals surface area contributed by atoms with Gasteiger partial charge in [-0.05, 0) is 46.5 Å². The van der Waals surface area contributed by atoms with Crippen molar-refractivity contribution in [2.45, 2.75) is 32.9 Å². The van der Waals surface area contributed by atoms with Gasteiger partial charge in [0.25, 0.3) is 0 Å². The Balaban J connectivity index is 1.90. The van der Waals surface area contributed by atoms with Gasteiger partial charge >= 0.3 is 0 Å². The fraction of sp³-hybridized carbons (Fsp3) is 0.333. The van der Waals surface area contributed by atoms with Gasteiger partial charge in [0.05, 0.1) is 6.61 Å². The fourth-order valence-corrected chi connectivity index (χ4v) is 2.75. The van der Waals surface area contributed by atoms with E-state index in [9.17, 15) is 0 Å². The van der Waals surface area contributed by atoms with Crippen molar-refractivity contribution in [1.29, 1.82) is 0 Å². The molecule has 2 aromatic carbocycles. The summed E-state index contributed by atoms with van der Waals surface area (Å²) in [6.45, 7) is 5.86. The third-order valence-electron chi connectivity index (χ3n) is 3.77. The van der Waals surface area contributed by atoms with Crippen LogP contribution in [0.3, 0.4) is 0 Å². The number of halogens is 1. The minimum atomic E-state index is 0.446. The first kappa shape index (κ1) is 14.4. The Morgan fingerprint density at radius 3 is 2.71 bits per heavy atom. The summed E-state index contributed by atoms with van der Waals surface area (Å²) in [5.41, 5.74) is 4.86. The highest BCUT2D eigenvalue weighted by Gasteiger charge is 2.13. The molecule has 0 aromatic heterocycles. The highest BCUT2D eigenvalue weighted by molar-refractivity contribution is 6.31. The number of benzene rings is 2. The van der Waals surface area contributed by atoms with Crippen molar-refractivity contribution in [2.75, 3.05) is 6.61 Å². The highest BCUT2D eigenvalue weighted by atomic mass is 35.5. The van der Waals surface area contributed by atoms with Crippen molar-refractivity contribution in [3.8, 4) is 16.9 Å². The molecule has 0 amide bonds. The molecule has 3 heteroatoms. The Hall–Kier alpha value is -1.51. The van der Waals surface area contributed by atoms with Crippen molar-refractivity contribution in [3.05, 3.63) is 52.5 Å². The van der Waals surface area contributed by atoms with Gasteiger partial charge in [-0.1, -0.05) is 37.6 Å². The second-order valence-corrected chi connectivity index (χ2v) is 6.17. The molecule has 21 heavy (non-hydrogen) atoms. The Labute approximate surface area is 131 Å². The average Bonchev–Trinajstić information content (AvgIpc) is 2.93. The van der Waals surface area contributed by atoms with E-state index in [0.717, 1.165) is 35.9 Å². The molecule has 0 radical (unpaired) electrons. The number of nitrogens with one attached hydrogen (secondary N) is 1. The molecule has 0 spiro atoms. The molecule has 0 unspecified atom stereocenters. The van der Waals surface area contributed by atoms with Gasteiger partial charge in [0, 0.05) is 24.0 Å². The quantitative estimate of drug-likeness (QED) is 0.901. The Kier molecular flexibility index (Phi) is 4.18. The number of rotatable bonds is 4. The van der Waals surface area contributed by atoms with Crippen LogP contribution >= 0.6 is 11.6 Å². The monoisotopic (exact) mass is 301 g/mol. The van der Waals surface area contributed by atoms with Crippen molar-refractivity contribution in [3.63, 3.8) is 0 Å². The molecule has 1 heterocycles. The maximum absolute atomic E-state index is 6.30. The van der Waals surface area contributed by atoms with Crippen molar-refractivity contribution in [1.82, 2.24) is 5.32 Å². The van der Waals surface area contributed by atoms with E-state index in [4.69, 9.17) is 16.3 Å². The van der Waals surface area contributed by atoms with Crippen LogP contribution in [0.1, 0.15) is 25.0 Å². The molecule has 1 aliphatic heterocycles. The molecule has 0 fully saturated rings. The summed E-state index contributed by atoms with van der Waals surface area (Å²) >= 11 is 6.30. The summed E-state index contributed by atoms with van der Waals surface area (Å²) in [5.74, 6) is 1.02. The van der Waals surface area contributed by atoms with Gasteiger partial charge in [0.15, 0.2) is 0 Å². The van der Waals surface area contributed by atoms with Crippen molar-refractivity contribution in [2.24, 2.45) is 0 Å². The highest BCUT2D eigenvalue weighted by Crippen LogP contribution is 2.32. The zero-order valence-corrected chi connectivity index (χ0v) is 13.2. The zero-order chi connectivity index (χ0) is 14.8. The molecule has 2 aromatic rings. The van der Waals surface area contributed by atoms with Crippen LogP contribution in [-0.2, 0) is 13.0 Å². The van der Waals surface area contributed by atoms with E-state index in [1.165, 1.54) is 16.7 Å². The first-order chi connectivity index (χ1) is 10.1. The van der Waals surface area contributed by atoms with E-state index in [1.807, 2.05) is 6.07 Å². The summed E-state index contributed by atoms with van der Waals surface area (Å²) in [6.07, 6.45) is 0.999. The molecule has 2 nitrogen and oxygen atoms in total. The van der Waals surface area contributed by atoms with Crippen LogP contribution in [0, 0.1) is 0 Å². The van der Waals surface area contributed by atoms with E-state index < -0.39 is 0 Å². The van der Waals surface area contributed by atoms with Gasteiger partial charge in [-0.25, -0.2) is 0 Å². The lowest BCUT2D eigenvalue weighted by atomic mass is 10.00. The van der Waals surface area contributed by atoms with Gasteiger partial charge in [-0.2, -0.15) is 0 Å². The lowest BCUT2D eigenvalue weighted by Gasteiger charge is -2.12. The molecular formula is C18H20ClNO. The van der Waals surface area contributed by atoms with Gasteiger partial charge in [-0.15, -0.1) is 0 Å².